The Morgan fingerprint density at radius 1 is 1.47 bits per heavy atom. The van der Waals surface area contributed by atoms with Gasteiger partial charge in [-0.25, -0.2) is 0 Å². The van der Waals surface area contributed by atoms with E-state index < -0.39 is 0 Å². The minimum atomic E-state index is 0.192. The highest BCUT2D eigenvalue weighted by Crippen LogP contribution is 2.42. The first kappa shape index (κ1) is 15.3. The number of rotatable bonds is 5. The van der Waals surface area contributed by atoms with E-state index in [2.05, 4.69) is 48.1 Å². The van der Waals surface area contributed by atoms with Crippen molar-refractivity contribution < 1.29 is 4.74 Å². The lowest BCUT2D eigenvalue weighted by Gasteiger charge is -2.52. The Balaban J connectivity index is 1.90. The third-order valence-corrected chi connectivity index (χ3v) is 4.94. The van der Waals surface area contributed by atoms with Crippen molar-refractivity contribution in [3.05, 3.63) is 33.3 Å². The largest absolute Gasteiger partial charge is 0.378 e. The van der Waals surface area contributed by atoms with Gasteiger partial charge in [0.2, 0.25) is 0 Å². The fourth-order valence-corrected chi connectivity index (χ4v) is 3.35. The number of hydrogen-bond donors (Lipinski definition) is 1. The first-order valence-corrected chi connectivity index (χ1v) is 7.91. The molecule has 0 heterocycles. The molecule has 0 spiro atoms. The number of ether oxygens (including phenoxy) is 1. The van der Waals surface area contributed by atoms with Gasteiger partial charge in [0.15, 0.2) is 0 Å². The normalized spacial score (nSPS) is 25.1. The molecule has 0 radical (unpaired) electrons. The van der Waals surface area contributed by atoms with Crippen LogP contribution in [0.1, 0.15) is 32.8 Å². The van der Waals surface area contributed by atoms with Crippen molar-refractivity contribution in [2.75, 3.05) is 6.61 Å². The molecule has 0 aromatic heterocycles. The maximum absolute atomic E-state index is 6.23. The zero-order chi connectivity index (χ0) is 14.0. The van der Waals surface area contributed by atoms with Gasteiger partial charge in [-0.2, -0.15) is 0 Å². The third kappa shape index (κ3) is 3.33. The van der Waals surface area contributed by atoms with Gasteiger partial charge in [0.05, 0.1) is 6.10 Å². The summed E-state index contributed by atoms with van der Waals surface area (Å²) in [6.07, 6.45) is 1.45. The molecule has 1 aliphatic rings. The van der Waals surface area contributed by atoms with Crippen LogP contribution in [0.15, 0.2) is 22.7 Å². The van der Waals surface area contributed by atoms with Gasteiger partial charge >= 0.3 is 0 Å². The second-order valence-electron chi connectivity index (χ2n) is 5.67. The van der Waals surface area contributed by atoms with Crippen molar-refractivity contribution in [2.24, 2.45) is 5.41 Å². The molecule has 0 amide bonds. The Morgan fingerprint density at radius 3 is 2.79 bits per heavy atom. The first-order valence-electron chi connectivity index (χ1n) is 6.74. The fourth-order valence-electron chi connectivity index (χ4n) is 2.61. The van der Waals surface area contributed by atoms with E-state index in [9.17, 15) is 0 Å². The molecule has 1 aromatic rings. The SMILES string of the molecule is CCOC1CC(NCc2ccc(Br)cc2Cl)C1(C)C. The maximum atomic E-state index is 6.23. The maximum Gasteiger partial charge on any atom is 0.0655 e. The summed E-state index contributed by atoms with van der Waals surface area (Å²) in [4.78, 5) is 0. The molecule has 1 aliphatic carbocycles. The van der Waals surface area contributed by atoms with Crippen molar-refractivity contribution in [2.45, 2.75) is 45.9 Å². The molecule has 1 saturated carbocycles. The van der Waals surface area contributed by atoms with Crippen LogP contribution in [0.25, 0.3) is 0 Å². The number of hydrogen-bond acceptors (Lipinski definition) is 2. The van der Waals surface area contributed by atoms with Crippen molar-refractivity contribution in [1.82, 2.24) is 5.32 Å². The molecule has 2 nitrogen and oxygen atoms in total. The molecule has 0 aliphatic heterocycles. The fraction of sp³-hybridized carbons (Fsp3) is 0.600. The Bertz CT molecular complexity index is 450. The minimum absolute atomic E-state index is 0.192. The summed E-state index contributed by atoms with van der Waals surface area (Å²) in [5, 5.41) is 4.40. The summed E-state index contributed by atoms with van der Waals surface area (Å²) >= 11 is 9.65. The average Bonchev–Trinajstić information content (AvgIpc) is 2.35. The van der Waals surface area contributed by atoms with Gasteiger partial charge in [-0.1, -0.05) is 47.4 Å². The standard InChI is InChI=1S/C15H21BrClNO/c1-4-19-14-8-13(15(14,2)3)18-9-10-5-6-11(16)7-12(10)17/h5-7,13-14,18H,4,8-9H2,1-3H3. The van der Waals surface area contributed by atoms with E-state index in [1.165, 1.54) is 0 Å². The summed E-state index contributed by atoms with van der Waals surface area (Å²) in [6, 6.07) is 6.51. The van der Waals surface area contributed by atoms with E-state index in [0.29, 0.717) is 12.1 Å². The summed E-state index contributed by atoms with van der Waals surface area (Å²) in [5.74, 6) is 0. The number of halogens is 2. The van der Waals surface area contributed by atoms with Crippen LogP contribution >= 0.6 is 27.5 Å². The molecule has 1 N–H and O–H groups in total. The Kier molecular flexibility index (Phi) is 4.93. The third-order valence-electron chi connectivity index (χ3n) is 4.10. The molecule has 2 atom stereocenters. The Labute approximate surface area is 129 Å². The summed E-state index contributed by atoms with van der Waals surface area (Å²) in [7, 11) is 0. The highest BCUT2D eigenvalue weighted by molar-refractivity contribution is 9.10. The summed E-state index contributed by atoms with van der Waals surface area (Å²) < 4.78 is 6.76. The number of nitrogens with one attached hydrogen (secondary N) is 1. The quantitative estimate of drug-likeness (QED) is 0.853. The van der Waals surface area contributed by atoms with Gasteiger partial charge < -0.3 is 10.1 Å². The molecular formula is C15H21BrClNO. The van der Waals surface area contributed by atoms with Gasteiger partial charge in [-0.3, -0.25) is 0 Å². The van der Waals surface area contributed by atoms with Gasteiger partial charge in [-0.05, 0) is 31.0 Å². The number of benzene rings is 1. The monoisotopic (exact) mass is 345 g/mol. The molecule has 2 rings (SSSR count). The second-order valence-corrected chi connectivity index (χ2v) is 6.99. The summed E-state index contributed by atoms with van der Waals surface area (Å²) in [5.41, 5.74) is 1.33. The van der Waals surface area contributed by atoms with Crippen molar-refractivity contribution in [3.63, 3.8) is 0 Å². The molecule has 4 heteroatoms. The summed E-state index contributed by atoms with van der Waals surface area (Å²) in [6.45, 7) is 8.17. The van der Waals surface area contributed by atoms with E-state index in [1.54, 1.807) is 0 Å². The van der Waals surface area contributed by atoms with Crippen molar-refractivity contribution >= 4 is 27.5 Å². The lowest BCUT2D eigenvalue weighted by molar-refractivity contribution is -0.114. The van der Waals surface area contributed by atoms with E-state index in [-0.39, 0.29) is 5.41 Å². The van der Waals surface area contributed by atoms with Crippen LogP contribution in [0.4, 0.5) is 0 Å². The van der Waals surface area contributed by atoms with Crippen LogP contribution in [0.2, 0.25) is 5.02 Å². The molecular weight excluding hydrogens is 326 g/mol. The molecule has 106 valence electrons. The van der Waals surface area contributed by atoms with E-state index in [4.69, 9.17) is 16.3 Å². The van der Waals surface area contributed by atoms with Gasteiger partial charge in [0, 0.05) is 34.1 Å². The van der Waals surface area contributed by atoms with E-state index in [1.807, 2.05) is 12.1 Å². The first-order chi connectivity index (χ1) is 8.95. The lowest BCUT2D eigenvalue weighted by Crippen LogP contribution is -2.60. The van der Waals surface area contributed by atoms with E-state index in [0.717, 1.165) is 34.6 Å². The molecule has 0 bridgehead atoms. The Hall–Kier alpha value is -0.0900. The van der Waals surface area contributed by atoms with Crippen molar-refractivity contribution in [1.29, 1.82) is 0 Å². The molecule has 1 fully saturated rings. The molecule has 2 unspecified atom stereocenters. The van der Waals surface area contributed by atoms with E-state index >= 15 is 0 Å². The zero-order valence-corrected chi connectivity index (χ0v) is 14.0. The van der Waals surface area contributed by atoms with Gasteiger partial charge in [0.25, 0.3) is 0 Å². The van der Waals surface area contributed by atoms with Crippen molar-refractivity contribution in [3.8, 4) is 0 Å². The highest BCUT2D eigenvalue weighted by atomic mass is 79.9. The predicted molar refractivity (Wildman–Crippen MR) is 83.6 cm³/mol. The van der Waals surface area contributed by atoms with Crippen LogP contribution in [0.3, 0.4) is 0 Å². The van der Waals surface area contributed by atoms with Crippen LogP contribution in [0.5, 0.6) is 0 Å². The zero-order valence-electron chi connectivity index (χ0n) is 11.7. The van der Waals surface area contributed by atoms with Gasteiger partial charge in [-0.15, -0.1) is 0 Å². The molecule has 19 heavy (non-hydrogen) atoms. The smallest absolute Gasteiger partial charge is 0.0655 e. The van der Waals surface area contributed by atoms with Crippen LogP contribution < -0.4 is 5.32 Å². The Morgan fingerprint density at radius 2 is 2.21 bits per heavy atom. The average molecular weight is 347 g/mol. The minimum Gasteiger partial charge on any atom is -0.378 e. The van der Waals surface area contributed by atoms with Crippen LogP contribution in [-0.2, 0) is 11.3 Å². The predicted octanol–water partition coefficient (Wildman–Crippen LogP) is 4.40. The van der Waals surface area contributed by atoms with Crippen LogP contribution in [0, 0.1) is 5.41 Å². The van der Waals surface area contributed by atoms with Gasteiger partial charge in [0.1, 0.15) is 0 Å². The molecule has 1 aromatic carbocycles. The topological polar surface area (TPSA) is 21.3 Å². The van der Waals surface area contributed by atoms with Crippen LogP contribution in [-0.4, -0.2) is 18.8 Å². The second kappa shape index (κ2) is 6.13. The highest BCUT2D eigenvalue weighted by Gasteiger charge is 2.48. The lowest BCUT2D eigenvalue weighted by atomic mass is 9.64. The molecule has 0 saturated heterocycles.